The van der Waals surface area contributed by atoms with Crippen molar-refractivity contribution < 1.29 is 14.3 Å². The molecule has 1 fully saturated rings. The van der Waals surface area contributed by atoms with Gasteiger partial charge in [-0.1, -0.05) is 48.0 Å². The Morgan fingerprint density at radius 3 is 2.30 bits per heavy atom. The minimum Gasteiger partial charge on any atom is -0.444 e. The van der Waals surface area contributed by atoms with E-state index < -0.39 is 12.1 Å². The number of esters is 1. The first-order valence-electron chi connectivity index (χ1n) is 7.76. The number of hydrogen-bond acceptors (Lipinski definition) is 3. The first kappa shape index (κ1) is 15.3. The molecule has 4 nitrogen and oxygen atoms in total. The molecule has 2 aromatic rings. The summed E-state index contributed by atoms with van der Waals surface area (Å²) in [5, 5.41) is 2.90. The quantitative estimate of drug-likeness (QED) is 0.863. The third kappa shape index (κ3) is 3.97. The lowest BCUT2D eigenvalue weighted by molar-refractivity contribution is -0.130. The first-order chi connectivity index (χ1) is 11.1. The average molecular weight is 309 g/mol. The van der Waals surface area contributed by atoms with Crippen LogP contribution in [0.25, 0.3) is 0 Å². The van der Waals surface area contributed by atoms with Crippen molar-refractivity contribution in [1.82, 2.24) is 5.32 Å². The highest BCUT2D eigenvalue weighted by atomic mass is 16.5. The predicted octanol–water partition coefficient (Wildman–Crippen LogP) is 3.17. The van der Waals surface area contributed by atoms with Gasteiger partial charge in [-0.2, -0.15) is 0 Å². The first-order valence-corrected chi connectivity index (χ1v) is 7.76. The van der Waals surface area contributed by atoms with Gasteiger partial charge in [-0.25, -0.2) is 4.79 Å². The van der Waals surface area contributed by atoms with Crippen molar-refractivity contribution in [2.75, 3.05) is 0 Å². The Hall–Kier alpha value is -2.62. The highest BCUT2D eigenvalue weighted by molar-refractivity contribution is 5.92. The summed E-state index contributed by atoms with van der Waals surface area (Å²) in [4.78, 5) is 24.8. The van der Waals surface area contributed by atoms with Crippen molar-refractivity contribution in [3.05, 3.63) is 71.3 Å². The van der Waals surface area contributed by atoms with Gasteiger partial charge in [-0.3, -0.25) is 4.79 Å². The van der Waals surface area contributed by atoms with Crippen LogP contribution >= 0.6 is 0 Å². The van der Waals surface area contributed by atoms with Gasteiger partial charge in [0.1, 0.15) is 0 Å². The highest BCUT2D eigenvalue weighted by Gasteiger charge is 2.30. The fraction of sp³-hybridized carbons (Fsp3) is 0.263. The van der Waals surface area contributed by atoms with Crippen LogP contribution in [0.3, 0.4) is 0 Å². The van der Waals surface area contributed by atoms with Crippen molar-refractivity contribution in [2.45, 2.75) is 31.9 Å². The Bertz CT molecular complexity index is 690. The molecule has 4 heteroatoms. The molecule has 0 bridgehead atoms. The van der Waals surface area contributed by atoms with Gasteiger partial charge in [-0.15, -0.1) is 0 Å². The van der Waals surface area contributed by atoms with E-state index in [0.717, 1.165) is 18.4 Å². The largest absolute Gasteiger partial charge is 0.444 e. The second-order valence-electron chi connectivity index (χ2n) is 5.84. The standard InChI is InChI=1S/C19H19NO3/c1-13-7-9-15(10-8-13)19(22)23-17(14-5-3-2-4-6-14)18(21)20-16-11-12-16/h2-10,16-17H,11-12H2,1H3,(H,20,21). The van der Waals surface area contributed by atoms with E-state index in [1.165, 1.54) is 0 Å². The molecule has 23 heavy (non-hydrogen) atoms. The third-order valence-corrected chi connectivity index (χ3v) is 3.78. The zero-order valence-corrected chi connectivity index (χ0v) is 13.0. The number of benzene rings is 2. The van der Waals surface area contributed by atoms with E-state index in [0.29, 0.717) is 11.1 Å². The Kier molecular flexibility index (Phi) is 4.42. The maximum atomic E-state index is 12.4. The van der Waals surface area contributed by atoms with Crippen molar-refractivity contribution in [1.29, 1.82) is 0 Å². The van der Waals surface area contributed by atoms with Crippen LogP contribution in [0.15, 0.2) is 54.6 Å². The maximum Gasteiger partial charge on any atom is 0.339 e. The van der Waals surface area contributed by atoms with Crippen LogP contribution in [-0.2, 0) is 9.53 Å². The number of carbonyl (C=O) groups excluding carboxylic acids is 2. The molecule has 0 radical (unpaired) electrons. The van der Waals surface area contributed by atoms with Crippen LogP contribution in [0.5, 0.6) is 0 Å². The molecule has 118 valence electrons. The summed E-state index contributed by atoms with van der Waals surface area (Å²) >= 11 is 0. The molecule has 0 spiro atoms. The van der Waals surface area contributed by atoms with Crippen LogP contribution in [0, 0.1) is 6.92 Å². The lowest BCUT2D eigenvalue weighted by atomic mass is 10.1. The van der Waals surface area contributed by atoms with Crippen molar-refractivity contribution in [3.63, 3.8) is 0 Å². The summed E-state index contributed by atoms with van der Waals surface area (Å²) in [5.74, 6) is -0.760. The summed E-state index contributed by atoms with van der Waals surface area (Å²) in [6, 6.07) is 16.4. The molecule has 1 saturated carbocycles. The number of amides is 1. The van der Waals surface area contributed by atoms with Crippen LogP contribution in [-0.4, -0.2) is 17.9 Å². The number of nitrogens with one attached hydrogen (secondary N) is 1. The lowest BCUT2D eigenvalue weighted by Gasteiger charge is -2.18. The normalized spacial score (nSPS) is 14.8. The Balaban J connectivity index is 1.78. The summed E-state index contributed by atoms with van der Waals surface area (Å²) in [6.07, 6.45) is 1.05. The molecule has 0 aromatic heterocycles. The summed E-state index contributed by atoms with van der Waals surface area (Å²) in [6.45, 7) is 1.95. The summed E-state index contributed by atoms with van der Waals surface area (Å²) in [5.41, 5.74) is 2.18. The predicted molar refractivity (Wildman–Crippen MR) is 86.9 cm³/mol. The molecule has 0 saturated heterocycles. The smallest absolute Gasteiger partial charge is 0.339 e. The van der Waals surface area contributed by atoms with Crippen LogP contribution in [0.4, 0.5) is 0 Å². The van der Waals surface area contributed by atoms with Crippen LogP contribution in [0.2, 0.25) is 0 Å². The fourth-order valence-corrected chi connectivity index (χ4v) is 2.27. The SMILES string of the molecule is Cc1ccc(C(=O)OC(C(=O)NC2CC2)c2ccccc2)cc1. The van der Waals surface area contributed by atoms with Crippen LogP contribution < -0.4 is 5.32 Å². The zero-order valence-electron chi connectivity index (χ0n) is 13.0. The van der Waals surface area contributed by atoms with Crippen molar-refractivity contribution in [2.24, 2.45) is 0 Å². The van der Waals surface area contributed by atoms with Gasteiger partial charge in [0.2, 0.25) is 6.10 Å². The molecule has 1 aliphatic rings. The molecule has 1 atom stereocenters. The average Bonchev–Trinajstić information content (AvgIpc) is 3.37. The lowest BCUT2D eigenvalue weighted by Crippen LogP contribution is -2.33. The Morgan fingerprint density at radius 2 is 1.70 bits per heavy atom. The molecule has 1 amide bonds. The van der Waals surface area contributed by atoms with Gasteiger partial charge >= 0.3 is 5.97 Å². The van der Waals surface area contributed by atoms with E-state index >= 15 is 0 Å². The molecule has 1 aliphatic carbocycles. The van der Waals surface area contributed by atoms with Gasteiger partial charge < -0.3 is 10.1 Å². The molecule has 1 N–H and O–H groups in total. The monoisotopic (exact) mass is 309 g/mol. The van der Waals surface area contributed by atoms with Gasteiger partial charge in [-0.05, 0) is 31.9 Å². The Labute approximate surface area is 135 Å². The summed E-state index contributed by atoms with van der Waals surface area (Å²) in [7, 11) is 0. The number of hydrogen-bond donors (Lipinski definition) is 1. The van der Waals surface area contributed by atoms with Gasteiger partial charge in [0, 0.05) is 11.6 Å². The zero-order chi connectivity index (χ0) is 16.2. The molecular weight excluding hydrogens is 290 g/mol. The van der Waals surface area contributed by atoms with Gasteiger partial charge in [0.05, 0.1) is 5.56 Å². The fourth-order valence-electron chi connectivity index (χ4n) is 2.27. The van der Waals surface area contributed by atoms with E-state index in [4.69, 9.17) is 4.74 Å². The maximum absolute atomic E-state index is 12.4. The van der Waals surface area contributed by atoms with E-state index in [1.54, 1.807) is 24.3 Å². The van der Waals surface area contributed by atoms with Crippen molar-refractivity contribution in [3.8, 4) is 0 Å². The number of aryl methyl sites for hydroxylation is 1. The molecule has 2 aromatic carbocycles. The van der Waals surface area contributed by atoms with Gasteiger partial charge in [0.25, 0.3) is 5.91 Å². The highest BCUT2D eigenvalue weighted by Crippen LogP contribution is 2.24. The second kappa shape index (κ2) is 6.65. The van der Waals surface area contributed by atoms with Crippen LogP contribution in [0.1, 0.15) is 40.4 Å². The molecule has 1 unspecified atom stereocenters. The summed E-state index contributed by atoms with van der Waals surface area (Å²) < 4.78 is 5.50. The number of carbonyl (C=O) groups is 2. The molecule has 3 rings (SSSR count). The van der Waals surface area contributed by atoms with E-state index in [2.05, 4.69) is 5.32 Å². The molecule has 0 heterocycles. The number of rotatable bonds is 5. The topological polar surface area (TPSA) is 55.4 Å². The molecular formula is C19H19NO3. The van der Waals surface area contributed by atoms with Gasteiger partial charge in [0.15, 0.2) is 0 Å². The van der Waals surface area contributed by atoms with E-state index in [9.17, 15) is 9.59 Å². The van der Waals surface area contributed by atoms with E-state index in [1.807, 2.05) is 37.3 Å². The number of ether oxygens (including phenoxy) is 1. The van der Waals surface area contributed by atoms with E-state index in [-0.39, 0.29) is 11.9 Å². The minimum atomic E-state index is -0.925. The minimum absolute atomic E-state index is 0.215. The second-order valence-corrected chi connectivity index (χ2v) is 5.84. The third-order valence-electron chi connectivity index (χ3n) is 3.78. The Morgan fingerprint density at radius 1 is 1.04 bits per heavy atom. The molecule has 0 aliphatic heterocycles. The van der Waals surface area contributed by atoms with Crippen molar-refractivity contribution >= 4 is 11.9 Å².